The van der Waals surface area contributed by atoms with Gasteiger partial charge in [0.05, 0.1) is 12.0 Å². The number of carbonyl (C=O) groups excluding carboxylic acids is 1. The van der Waals surface area contributed by atoms with Gasteiger partial charge >= 0.3 is 11.6 Å². The monoisotopic (exact) mass is 432 g/mol. The number of para-hydroxylation sites is 1. The van der Waals surface area contributed by atoms with E-state index in [0.717, 1.165) is 19.3 Å². The van der Waals surface area contributed by atoms with Crippen molar-refractivity contribution in [2.24, 2.45) is 0 Å². The van der Waals surface area contributed by atoms with Crippen LogP contribution in [0.15, 0.2) is 27.4 Å². The number of unbranched alkanes of at least 4 members (excludes halogenated alkanes) is 7. The summed E-state index contributed by atoms with van der Waals surface area (Å²) in [5, 5.41) is 0.461. The van der Waals surface area contributed by atoms with Gasteiger partial charge in [-0.1, -0.05) is 57.9 Å². The number of hydrogen-bond acceptors (Lipinski definition) is 6. The van der Waals surface area contributed by atoms with Crippen molar-refractivity contribution in [3.05, 3.63) is 28.6 Å². The van der Waals surface area contributed by atoms with Gasteiger partial charge in [-0.3, -0.25) is 4.79 Å². The van der Waals surface area contributed by atoms with E-state index < -0.39 is 17.2 Å². The lowest BCUT2D eigenvalue weighted by Gasteiger charge is -2.22. The Hall–Kier alpha value is -2.50. The number of ether oxygens (including phenoxy) is 3. The number of hydrogen-bond donors (Lipinski definition) is 0. The molecule has 0 saturated carbocycles. The van der Waals surface area contributed by atoms with Gasteiger partial charge in [-0.05, 0) is 39.3 Å². The second-order valence-corrected chi connectivity index (χ2v) is 8.81. The third-order valence-corrected chi connectivity index (χ3v) is 4.72. The summed E-state index contributed by atoms with van der Waals surface area (Å²) in [5.74, 6) is -0.118. The topological polar surface area (TPSA) is 75.0 Å². The average Bonchev–Trinajstić information content (AvgIpc) is 2.67. The molecule has 0 amide bonds. The van der Waals surface area contributed by atoms with E-state index in [1.165, 1.54) is 39.0 Å². The first-order valence-corrected chi connectivity index (χ1v) is 11.3. The maximum atomic E-state index is 12.7. The summed E-state index contributed by atoms with van der Waals surface area (Å²) in [6.45, 7) is 9.56. The normalized spacial score (nSPS) is 11.5. The van der Waals surface area contributed by atoms with Gasteiger partial charge in [0, 0.05) is 6.92 Å². The summed E-state index contributed by atoms with van der Waals surface area (Å²) in [4.78, 5) is 24.4. The van der Waals surface area contributed by atoms with Crippen molar-refractivity contribution in [2.45, 2.75) is 91.6 Å². The average molecular weight is 433 g/mol. The molecular formula is C25H36O6. The molecule has 2 aromatic rings. The lowest BCUT2D eigenvalue weighted by molar-refractivity contribution is -0.131. The molecule has 0 radical (unpaired) electrons. The molecule has 2 rings (SSSR count). The molecule has 172 valence electrons. The van der Waals surface area contributed by atoms with E-state index >= 15 is 0 Å². The van der Waals surface area contributed by atoms with E-state index in [1.807, 2.05) is 20.8 Å². The molecule has 0 atom stereocenters. The Bertz CT molecular complexity index is 907. The molecule has 0 aliphatic rings. The van der Waals surface area contributed by atoms with Crippen molar-refractivity contribution in [2.75, 3.05) is 6.61 Å². The van der Waals surface area contributed by atoms with Crippen molar-refractivity contribution in [3.8, 4) is 17.2 Å². The molecule has 0 fully saturated rings. The standard InChI is InChI=1S/C25H36O6/c1-6-7-8-9-10-11-12-13-17-28-23-22(29-18(2)26)19-15-14-16-20(31-25(3,4)5)21(19)30-24(23)27/h14-16H,6-13,17H2,1-5H3. The molecule has 0 aliphatic carbocycles. The highest BCUT2D eigenvalue weighted by Crippen LogP contribution is 2.38. The Morgan fingerprint density at radius 1 is 0.968 bits per heavy atom. The van der Waals surface area contributed by atoms with Crippen molar-refractivity contribution in [3.63, 3.8) is 0 Å². The number of benzene rings is 1. The van der Waals surface area contributed by atoms with E-state index in [-0.39, 0.29) is 17.1 Å². The highest BCUT2D eigenvalue weighted by atomic mass is 16.6. The van der Waals surface area contributed by atoms with Crippen LogP contribution in [0.1, 0.15) is 86.0 Å². The minimum atomic E-state index is -0.687. The van der Waals surface area contributed by atoms with E-state index in [9.17, 15) is 9.59 Å². The van der Waals surface area contributed by atoms with Crippen LogP contribution in [-0.2, 0) is 4.79 Å². The van der Waals surface area contributed by atoms with Crippen molar-refractivity contribution >= 4 is 16.9 Å². The number of esters is 1. The first kappa shape index (κ1) is 24.8. The van der Waals surface area contributed by atoms with Crippen molar-refractivity contribution in [1.29, 1.82) is 0 Å². The molecular weight excluding hydrogens is 396 g/mol. The molecule has 31 heavy (non-hydrogen) atoms. The van der Waals surface area contributed by atoms with Crippen LogP contribution in [-0.4, -0.2) is 18.2 Å². The second-order valence-electron chi connectivity index (χ2n) is 8.81. The van der Waals surface area contributed by atoms with Crippen LogP contribution in [0.5, 0.6) is 17.2 Å². The first-order chi connectivity index (χ1) is 14.7. The van der Waals surface area contributed by atoms with Crippen LogP contribution in [0.4, 0.5) is 0 Å². The Morgan fingerprint density at radius 2 is 1.61 bits per heavy atom. The Balaban J connectivity index is 2.16. The van der Waals surface area contributed by atoms with Crippen LogP contribution >= 0.6 is 0 Å². The minimum Gasteiger partial charge on any atom is -0.484 e. The predicted molar refractivity (Wildman–Crippen MR) is 122 cm³/mol. The van der Waals surface area contributed by atoms with Gasteiger partial charge in [-0.25, -0.2) is 4.79 Å². The highest BCUT2D eigenvalue weighted by molar-refractivity contribution is 5.91. The summed E-state index contributed by atoms with van der Waals surface area (Å²) in [6.07, 6.45) is 9.29. The molecule has 0 unspecified atom stereocenters. The zero-order valence-corrected chi connectivity index (χ0v) is 19.5. The van der Waals surface area contributed by atoms with Gasteiger partial charge in [-0.2, -0.15) is 0 Å². The second kappa shape index (κ2) is 11.8. The number of rotatable bonds is 12. The Morgan fingerprint density at radius 3 is 2.23 bits per heavy atom. The number of carbonyl (C=O) groups is 1. The van der Waals surface area contributed by atoms with E-state index in [1.54, 1.807) is 18.2 Å². The highest BCUT2D eigenvalue weighted by Gasteiger charge is 2.23. The molecule has 6 nitrogen and oxygen atoms in total. The molecule has 1 aromatic heterocycles. The largest absolute Gasteiger partial charge is 0.484 e. The zero-order valence-electron chi connectivity index (χ0n) is 19.5. The minimum absolute atomic E-state index is 0.0708. The van der Waals surface area contributed by atoms with Crippen molar-refractivity contribution < 1.29 is 23.4 Å². The SMILES string of the molecule is CCCCCCCCCCOc1c(OC(C)=O)c2cccc(OC(C)(C)C)c2oc1=O. The first-order valence-electron chi connectivity index (χ1n) is 11.3. The van der Waals surface area contributed by atoms with E-state index in [4.69, 9.17) is 18.6 Å². The molecule has 0 N–H and O–H groups in total. The molecule has 0 aliphatic heterocycles. The van der Waals surface area contributed by atoms with Gasteiger partial charge in [0.25, 0.3) is 0 Å². The lowest BCUT2D eigenvalue weighted by atomic mass is 10.1. The maximum Gasteiger partial charge on any atom is 0.383 e. The van der Waals surface area contributed by atoms with Crippen LogP contribution in [0.25, 0.3) is 11.0 Å². The predicted octanol–water partition coefficient (Wildman–Crippen LogP) is 6.42. The van der Waals surface area contributed by atoms with Crippen molar-refractivity contribution in [1.82, 2.24) is 0 Å². The van der Waals surface area contributed by atoms with Crippen LogP contribution in [0, 0.1) is 0 Å². The molecule has 1 heterocycles. The fourth-order valence-electron chi connectivity index (χ4n) is 3.34. The van der Waals surface area contributed by atoms with E-state index in [2.05, 4.69) is 6.92 Å². The third kappa shape index (κ3) is 7.93. The van der Waals surface area contributed by atoms with Gasteiger partial charge in [-0.15, -0.1) is 0 Å². The maximum absolute atomic E-state index is 12.7. The van der Waals surface area contributed by atoms with Gasteiger partial charge < -0.3 is 18.6 Å². The molecule has 1 aromatic carbocycles. The summed E-state index contributed by atoms with van der Waals surface area (Å²) < 4.78 is 22.6. The van der Waals surface area contributed by atoms with E-state index in [0.29, 0.717) is 17.7 Å². The summed E-state index contributed by atoms with van der Waals surface area (Å²) in [5.41, 5.74) is -0.938. The summed E-state index contributed by atoms with van der Waals surface area (Å²) in [6, 6.07) is 5.20. The van der Waals surface area contributed by atoms with Crippen LogP contribution in [0.3, 0.4) is 0 Å². The van der Waals surface area contributed by atoms with Crippen LogP contribution < -0.4 is 19.8 Å². The summed E-state index contributed by atoms with van der Waals surface area (Å²) >= 11 is 0. The zero-order chi connectivity index (χ0) is 22.9. The van der Waals surface area contributed by atoms with Gasteiger partial charge in [0.2, 0.25) is 5.75 Å². The quantitative estimate of drug-likeness (QED) is 0.219. The third-order valence-electron chi connectivity index (χ3n) is 4.72. The van der Waals surface area contributed by atoms with Gasteiger partial charge in [0.1, 0.15) is 5.60 Å². The molecule has 6 heteroatoms. The molecule has 0 bridgehead atoms. The van der Waals surface area contributed by atoms with Crippen LogP contribution in [0.2, 0.25) is 0 Å². The Kier molecular flexibility index (Phi) is 9.41. The molecule has 0 saturated heterocycles. The lowest BCUT2D eigenvalue weighted by Crippen LogP contribution is -2.23. The fraction of sp³-hybridized carbons (Fsp3) is 0.600. The number of fused-ring (bicyclic) bond motifs is 1. The smallest absolute Gasteiger partial charge is 0.383 e. The fourth-order valence-corrected chi connectivity index (χ4v) is 3.34. The molecule has 0 spiro atoms. The van der Waals surface area contributed by atoms with Gasteiger partial charge in [0.15, 0.2) is 17.1 Å². The Labute approximate surface area is 184 Å². The summed E-state index contributed by atoms with van der Waals surface area (Å²) in [7, 11) is 0.